The van der Waals surface area contributed by atoms with Crippen LogP contribution in [-0.4, -0.2) is 61.6 Å². The molecule has 2 aromatic rings. The number of fused-ring (bicyclic) bond motifs is 1. The van der Waals surface area contributed by atoms with E-state index in [-0.39, 0.29) is 18.6 Å². The first kappa shape index (κ1) is 17.4. The van der Waals surface area contributed by atoms with Crippen LogP contribution >= 0.6 is 0 Å². The topological polar surface area (TPSA) is 71.1 Å². The molecule has 0 aliphatic carbocycles. The van der Waals surface area contributed by atoms with Crippen LogP contribution in [0.3, 0.4) is 0 Å². The summed E-state index contributed by atoms with van der Waals surface area (Å²) in [5, 5.41) is 2.83. The number of amides is 2. The van der Waals surface area contributed by atoms with Crippen molar-refractivity contribution in [2.45, 2.75) is 0 Å². The smallest absolute Gasteiger partial charge is 0.255 e. The standard InChI is InChI=1S/C20H21N3O4/c1-22-8-10-23(11-9-22)20(25)15-4-2-14(3-5-15)19(24)21-16-6-7-17-18(12-16)27-13-26-17/h2-7,12H,8-11,13H2,1H3,(H,21,24). The maximum atomic E-state index is 12.6. The Bertz CT molecular complexity index is 858. The summed E-state index contributed by atoms with van der Waals surface area (Å²) in [5.74, 6) is 1.04. The second-order valence-electron chi connectivity index (χ2n) is 6.69. The van der Waals surface area contributed by atoms with Crippen LogP contribution < -0.4 is 14.8 Å². The van der Waals surface area contributed by atoms with E-state index < -0.39 is 0 Å². The molecule has 0 saturated carbocycles. The average Bonchev–Trinajstić information content (AvgIpc) is 3.16. The van der Waals surface area contributed by atoms with Crippen molar-refractivity contribution >= 4 is 17.5 Å². The number of likely N-dealkylation sites (N-methyl/N-ethyl adjacent to an activating group) is 1. The summed E-state index contributed by atoms with van der Waals surface area (Å²) in [6, 6.07) is 12.0. The molecule has 2 heterocycles. The SMILES string of the molecule is CN1CCN(C(=O)c2ccc(C(=O)Nc3ccc4c(c3)OCO4)cc2)CC1. The maximum absolute atomic E-state index is 12.6. The molecule has 0 radical (unpaired) electrons. The minimum absolute atomic E-state index is 0.00540. The van der Waals surface area contributed by atoms with E-state index in [0.29, 0.717) is 28.3 Å². The van der Waals surface area contributed by atoms with Crippen LogP contribution in [0, 0.1) is 0 Å². The molecule has 2 aliphatic heterocycles. The van der Waals surface area contributed by atoms with E-state index in [4.69, 9.17) is 9.47 Å². The number of benzene rings is 2. The van der Waals surface area contributed by atoms with Gasteiger partial charge in [0.05, 0.1) is 0 Å². The van der Waals surface area contributed by atoms with Crippen molar-refractivity contribution in [3.8, 4) is 11.5 Å². The van der Waals surface area contributed by atoms with Gasteiger partial charge >= 0.3 is 0 Å². The van der Waals surface area contributed by atoms with Crippen molar-refractivity contribution in [1.82, 2.24) is 9.80 Å². The molecule has 1 fully saturated rings. The normalized spacial score (nSPS) is 16.3. The maximum Gasteiger partial charge on any atom is 0.255 e. The summed E-state index contributed by atoms with van der Waals surface area (Å²) in [6.45, 7) is 3.39. The van der Waals surface area contributed by atoms with Crippen molar-refractivity contribution in [3.05, 3.63) is 53.6 Å². The van der Waals surface area contributed by atoms with Crippen LogP contribution in [0.15, 0.2) is 42.5 Å². The first-order valence-corrected chi connectivity index (χ1v) is 8.89. The monoisotopic (exact) mass is 367 g/mol. The Balaban J connectivity index is 1.41. The van der Waals surface area contributed by atoms with Gasteiger partial charge in [-0.2, -0.15) is 0 Å². The molecular formula is C20H21N3O4. The predicted molar refractivity (Wildman–Crippen MR) is 100 cm³/mol. The zero-order valence-corrected chi connectivity index (χ0v) is 15.1. The molecule has 0 aromatic heterocycles. The molecule has 0 atom stereocenters. The number of nitrogens with zero attached hydrogens (tertiary/aromatic N) is 2. The van der Waals surface area contributed by atoms with Gasteiger partial charge in [0.1, 0.15) is 0 Å². The Labute approximate surface area is 157 Å². The zero-order valence-electron chi connectivity index (χ0n) is 15.1. The third-order valence-electron chi connectivity index (χ3n) is 4.81. The summed E-state index contributed by atoms with van der Waals surface area (Å²) in [4.78, 5) is 29.1. The number of rotatable bonds is 3. The van der Waals surface area contributed by atoms with Gasteiger partial charge in [-0.3, -0.25) is 9.59 Å². The molecule has 2 aromatic carbocycles. The number of hydrogen-bond donors (Lipinski definition) is 1. The Hall–Kier alpha value is -3.06. The van der Waals surface area contributed by atoms with Gasteiger partial charge in [0.2, 0.25) is 6.79 Å². The highest BCUT2D eigenvalue weighted by atomic mass is 16.7. The van der Waals surface area contributed by atoms with Crippen molar-refractivity contribution in [2.75, 3.05) is 45.3 Å². The Morgan fingerprint density at radius 2 is 1.56 bits per heavy atom. The molecule has 7 nitrogen and oxygen atoms in total. The van der Waals surface area contributed by atoms with Crippen LogP contribution in [0.1, 0.15) is 20.7 Å². The van der Waals surface area contributed by atoms with Crippen LogP contribution in [0.4, 0.5) is 5.69 Å². The van der Waals surface area contributed by atoms with E-state index in [1.807, 2.05) is 4.90 Å². The summed E-state index contributed by atoms with van der Waals surface area (Å²) >= 11 is 0. The minimum Gasteiger partial charge on any atom is -0.454 e. The number of nitrogens with one attached hydrogen (secondary N) is 1. The first-order chi connectivity index (χ1) is 13.1. The fourth-order valence-corrected chi connectivity index (χ4v) is 3.13. The van der Waals surface area contributed by atoms with E-state index in [2.05, 4.69) is 17.3 Å². The predicted octanol–water partition coefficient (Wildman–Crippen LogP) is 2.06. The lowest BCUT2D eigenvalue weighted by molar-refractivity contribution is 0.0663. The third kappa shape index (κ3) is 3.73. The van der Waals surface area contributed by atoms with E-state index >= 15 is 0 Å². The quantitative estimate of drug-likeness (QED) is 0.899. The van der Waals surface area contributed by atoms with E-state index in [9.17, 15) is 9.59 Å². The number of carbonyl (C=O) groups is 2. The summed E-state index contributed by atoms with van der Waals surface area (Å²) in [7, 11) is 2.05. The van der Waals surface area contributed by atoms with Crippen molar-refractivity contribution in [2.24, 2.45) is 0 Å². The van der Waals surface area contributed by atoms with Gasteiger partial charge < -0.3 is 24.6 Å². The molecule has 7 heteroatoms. The molecule has 0 spiro atoms. The third-order valence-corrected chi connectivity index (χ3v) is 4.81. The summed E-state index contributed by atoms with van der Waals surface area (Å²) < 4.78 is 10.6. The minimum atomic E-state index is -0.243. The van der Waals surface area contributed by atoms with Gasteiger partial charge in [0.25, 0.3) is 11.8 Å². The largest absolute Gasteiger partial charge is 0.454 e. The molecular weight excluding hydrogens is 346 g/mol. The number of anilines is 1. The molecule has 1 saturated heterocycles. The number of hydrogen-bond acceptors (Lipinski definition) is 5. The van der Waals surface area contributed by atoms with Crippen LogP contribution in [-0.2, 0) is 0 Å². The highest BCUT2D eigenvalue weighted by molar-refractivity contribution is 6.05. The highest BCUT2D eigenvalue weighted by Crippen LogP contribution is 2.34. The lowest BCUT2D eigenvalue weighted by atomic mass is 10.1. The van der Waals surface area contributed by atoms with Gasteiger partial charge in [-0.1, -0.05) is 0 Å². The molecule has 0 bridgehead atoms. The van der Waals surface area contributed by atoms with E-state index in [1.165, 1.54) is 0 Å². The molecule has 1 N–H and O–H groups in total. The van der Waals surface area contributed by atoms with E-state index in [0.717, 1.165) is 26.2 Å². The lowest BCUT2D eigenvalue weighted by Crippen LogP contribution is -2.47. The Morgan fingerprint density at radius 1 is 0.889 bits per heavy atom. The second-order valence-corrected chi connectivity index (χ2v) is 6.69. The second kappa shape index (κ2) is 7.28. The Morgan fingerprint density at radius 3 is 2.30 bits per heavy atom. The fourth-order valence-electron chi connectivity index (χ4n) is 3.13. The van der Waals surface area contributed by atoms with Gasteiger partial charge in [0, 0.05) is 49.1 Å². The number of ether oxygens (including phenoxy) is 2. The summed E-state index contributed by atoms with van der Waals surface area (Å²) in [6.07, 6.45) is 0. The van der Waals surface area contributed by atoms with Crippen LogP contribution in [0.2, 0.25) is 0 Å². The van der Waals surface area contributed by atoms with Crippen LogP contribution in [0.5, 0.6) is 11.5 Å². The van der Waals surface area contributed by atoms with Crippen molar-refractivity contribution in [1.29, 1.82) is 0 Å². The molecule has 2 amide bonds. The van der Waals surface area contributed by atoms with Gasteiger partial charge in [-0.15, -0.1) is 0 Å². The molecule has 27 heavy (non-hydrogen) atoms. The molecule has 140 valence electrons. The number of carbonyl (C=O) groups excluding carboxylic acids is 2. The zero-order chi connectivity index (χ0) is 18.8. The average molecular weight is 367 g/mol. The molecule has 0 unspecified atom stereocenters. The van der Waals surface area contributed by atoms with Gasteiger partial charge in [-0.05, 0) is 43.4 Å². The molecule has 4 rings (SSSR count). The van der Waals surface area contributed by atoms with Crippen LogP contribution in [0.25, 0.3) is 0 Å². The highest BCUT2D eigenvalue weighted by Gasteiger charge is 2.20. The van der Waals surface area contributed by atoms with Crippen molar-refractivity contribution in [3.63, 3.8) is 0 Å². The fraction of sp³-hybridized carbons (Fsp3) is 0.300. The summed E-state index contributed by atoms with van der Waals surface area (Å²) in [5.41, 5.74) is 1.71. The number of piperazine rings is 1. The lowest BCUT2D eigenvalue weighted by Gasteiger charge is -2.32. The first-order valence-electron chi connectivity index (χ1n) is 8.89. The van der Waals surface area contributed by atoms with E-state index in [1.54, 1.807) is 42.5 Å². The van der Waals surface area contributed by atoms with Gasteiger partial charge in [-0.25, -0.2) is 0 Å². The van der Waals surface area contributed by atoms with Crippen molar-refractivity contribution < 1.29 is 19.1 Å². The molecule has 2 aliphatic rings. The van der Waals surface area contributed by atoms with Gasteiger partial charge in [0.15, 0.2) is 11.5 Å². The Kier molecular flexibility index (Phi) is 4.68.